The Balaban J connectivity index is 1.93. The van der Waals surface area contributed by atoms with Crippen LogP contribution in [0.4, 0.5) is 4.79 Å². The molecule has 1 aliphatic rings. The van der Waals surface area contributed by atoms with E-state index in [4.69, 9.17) is 0 Å². The molecular weight excluding hydrogens is 316 g/mol. The number of carbonyl (C=O) groups excluding carboxylic acids is 3. The van der Waals surface area contributed by atoms with Crippen molar-refractivity contribution in [3.8, 4) is 0 Å². The highest BCUT2D eigenvalue weighted by Crippen LogP contribution is 2.26. The minimum Gasteiger partial charge on any atom is -0.469 e. The average molecular weight is 330 g/mol. The maximum absolute atomic E-state index is 11.7. The Bertz CT molecular complexity index is 838. The van der Waals surface area contributed by atoms with Crippen LogP contribution in [0.3, 0.4) is 0 Å². The molecule has 118 valence electrons. The van der Waals surface area contributed by atoms with Crippen LogP contribution in [-0.2, 0) is 20.9 Å². The molecule has 1 aromatic carbocycles. The topological polar surface area (TPSA) is 77.4 Å². The number of esters is 1. The van der Waals surface area contributed by atoms with Gasteiger partial charge in [0.15, 0.2) is 0 Å². The fourth-order valence-electron chi connectivity index (χ4n) is 2.46. The number of ether oxygens (including phenoxy) is 1. The molecule has 2 aromatic rings. The van der Waals surface area contributed by atoms with E-state index >= 15 is 0 Å². The van der Waals surface area contributed by atoms with Crippen molar-refractivity contribution in [2.24, 2.45) is 0 Å². The number of hydrogen-bond donors (Lipinski definition) is 1. The predicted molar refractivity (Wildman–Crippen MR) is 87.7 cm³/mol. The molecule has 1 saturated heterocycles. The van der Waals surface area contributed by atoms with Crippen molar-refractivity contribution < 1.29 is 19.1 Å². The van der Waals surface area contributed by atoms with Crippen molar-refractivity contribution >= 4 is 45.1 Å². The van der Waals surface area contributed by atoms with E-state index in [1.165, 1.54) is 7.11 Å². The summed E-state index contributed by atoms with van der Waals surface area (Å²) in [5.41, 5.74) is 2.08. The number of amides is 1. The van der Waals surface area contributed by atoms with Crippen molar-refractivity contribution in [3.63, 3.8) is 0 Å². The fraction of sp³-hybridized carbons (Fsp3) is 0.188. The molecule has 0 atom stereocenters. The number of nitrogens with zero attached hydrogens (tertiary/aromatic N) is 1. The summed E-state index contributed by atoms with van der Waals surface area (Å²) in [6.45, 7) is 0.516. The van der Waals surface area contributed by atoms with Gasteiger partial charge in [-0.15, -0.1) is 0 Å². The van der Waals surface area contributed by atoms with Gasteiger partial charge in [0.2, 0.25) is 5.12 Å². The minimum atomic E-state index is -0.357. The molecule has 3 rings (SSSR count). The molecular formula is C16H14N2O4S. The van der Waals surface area contributed by atoms with E-state index in [1.807, 2.05) is 35.0 Å². The predicted octanol–water partition coefficient (Wildman–Crippen LogP) is 2.53. The molecule has 1 fully saturated rings. The van der Waals surface area contributed by atoms with Crippen LogP contribution in [0.25, 0.3) is 17.0 Å². The molecule has 1 aromatic heterocycles. The molecule has 23 heavy (non-hydrogen) atoms. The molecule has 2 heterocycles. The van der Waals surface area contributed by atoms with Crippen molar-refractivity contribution in [3.05, 3.63) is 41.7 Å². The zero-order valence-corrected chi connectivity index (χ0v) is 13.2. The second kappa shape index (κ2) is 6.29. The van der Waals surface area contributed by atoms with Crippen molar-refractivity contribution in [1.82, 2.24) is 9.88 Å². The monoisotopic (exact) mass is 330 g/mol. The lowest BCUT2D eigenvalue weighted by molar-refractivity contribution is -0.140. The Morgan fingerprint density at radius 3 is 2.87 bits per heavy atom. The van der Waals surface area contributed by atoms with Gasteiger partial charge in [-0.2, -0.15) is 0 Å². The number of methoxy groups -OCH3 is 1. The van der Waals surface area contributed by atoms with Crippen LogP contribution in [0.1, 0.15) is 12.0 Å². The molecule has 0 saturated carbocycles. The molecule has 0 radical (unpaired) electrons. The quantitative estimate of drug-likeness (QED) is 0.688. The van der Waals surface area contributed by atoms with E-state index in [-0.39, 0.29) is 28.4 Å². The van der Waals surface area contributed by atoms with Crippen LogP contribution >= 0.6 is 11.8 Å². The molecule has 0 spiro atoms. The summed E-state index contributed by atoms with van der Waals surface area (Å²) in [7, 11) is 1.37. The Hall–Kier alpha value is -2.54. The van der Waals surface area contributed by atoms with E-state index in [9.17, 15) is 14.4 Å². The average Bonchev–Trinajstić information content (AvgIpc) is 3.09. The van der Waals surface area contributed by atoms with E-state index in [0.29, 0.717) is 18.3 Å². The minimum absolute atomic E-state index is 0.263. The van der Waals surface area contributed by atoms with E-state index < -0.39 is 0 Å². The summed E-state index contributed by atoms with van der Waals surface area (Å²) in [6.07, 6.45) is 3.85. The van der Waals surface area contributed by atoms with Gasteiger partial charge in [-0.05, 0) is 23.8 Å². The van der Waals surface area contributed by atoms with E-state index in [2.05, 4.69) is 10.1 Å². The third kappa shape index (κ3) is 3.14. The summed E-state index contributed by atoms with van der Waals surface area (Å²) < 4.78 is 6.61. The van der Waals surface area contributed by atoms with Crippen molar-refractivity contribution in [2.75, 3.05) is 7.11 Å². The highest BCUT2D eigenvalue weighted by Gasteiger charge is 2.25. The summed E-state index contributed by atoms with van der Waals surface area (Å²) in [4.78, 5) is 34.2. The van der Waals surface area contributed by atoms with Crippen molar-refractivity contribution in [1.29, 1.82) is 0 Å². The number of rotatable bonds is 4. The summed E-state index contributed by atoms with van der Waals surface area (Å²) in [6, 6.07) is 7.62. The van der Waals surface area contributed by atoms with Gasteiger partial charge in [0.25, 0.3) is 5.24 Å². The van der Waals surface area contributed by atoms with Gasteiger partial charge in [-0.1, -0.05) is 12.1 Å². The standard InChI is InChI=1S/C16H14N2O4S/c1-22-14(19)6-8-18-7-5-11-10(3-2-4-13(11)18)9-12-15(20)23-16(21)17-12/h2-5,7,9H,6,8H2,1H3,(H,17,21). The number of carbonyl (C=O) groups is 3. The van der Waals surface area contributed by atoms with Crippen LogP contribution in [0, 0.1) is 0 Å². The first kappa shape index (κ1) is 15.4. The molecule has 1 amide bonds. The molecule has 0 bridgehead atoms. The molecule has 0 aliphatic carbocycles. The number of fused-ring (bicyclic) bond motifs is 1. The Morgan fingerprint density at radius 2 is 2.17 bits per heavy atom. The maximum atomic E-state index is 11.7. The molecule has 6 nitrogen and oxygen atoms in total. The summed E-state index contributed by atoms with van der Waals surface area (Å²) in [5.74, 6) is -0.263. The Labute approximate surface area is 136 Å². The normalized spacial score (nSPS) is 16.1. The first-order valence-corrected chi connectivity index (χ1v) is 7.79. The van der Waals surface area contributed by atoms with E-state index in [1.54, 1.807) is 6.08 Å². The first-order chi connectivity index (χ1) is 11.1. The van der Waals surface area contributed by atoms with Gasteiger partial charge in [0.05, 0.1) is 19.2 Å². The van der Waals surface area contributed by atoms with E-state index in [0.717, 1.165) is 16.5 Å². The van der Waals surface area contributed by atoms with Gasteiger partial charge in [0, 0.05) is 35.4 Å². The van der Waals surface area contributed by atoms with Crippen molar-refractivity contribution in [2.45, 2.75) is 13.0 Å². The lowest BCUT2D eigenvalue weighted by Gasteiger charge is -2.05. The largest absolute Gasteiger partial charge is 0.469 e. The Morgan fingerprint density at radius 1 is 1.35 bits per heavy atom. The zero-order valence-electron chi connectivity index (χ0n) is 12.4. The highest BCUT2D eigenvalue weighted by atomic mass is 32.2. The third-order valence-electron chi connectivity index (χ3n) is 3.57. The SMILES string of the molecule is COC(=O)CCn1ccc2c(C=C3NC(=O)SC3=O)cccc21. The molecule has 7 heteroatoms. The van der Waals surface area contributed by atoms with Crippen LogP contribution in [0.5, 0.6) is 0 Å². The molecule has 1 aliphatic heterocycles. The first-order valence-electron chi connectivity index (χ1n) is 6.98. The number of hydrogen-bond acceptors (Lipinski definition) is 5. The molecule has 0 unspecified atom stereocenters. The van der Waals surface area contributed by atoms with Gasteiger partial charge in [0.1, 0.15) is 0 Å². The van der Waals surface area contributed by atoms with Crippen LogP contribution in [-0.4, -0.2) is 28.0 Å². The third-order valence-corrected chi connectivity index (χ3v) is 4.27. The van der Waals surface area contributed by atoms with Gasteiger partial charge in [-0.3, -0.25) is 14.4 Å². The number of aromatic nitrogens is 1. The second-order valence-corrected chi connectivity index (χ2v) is 5.92. The molecule has 1 N–H and O–H groups in total. The lowest BCUT2D eigenvalue weighted by Crippen LogP contribution is -2.10. The van der Waals surface area contributed by atoms with Crippen LogP contribution in [0.2, 0.25) is 0 Å². The lowest BCUT2D eigenvalue weighted by atomic mass is 10.1. The van der Waals surface area contributed by atoms with Crippen LogP contribution < -0.4 is 5.32 Å². The number of nitrogens with one attached hydrogen (secondary N) is 1. The smallest absolute Gasteiger partial charge is 0.307 e. The van der Waals surface area contributed by atoms with Gasteiger partial charge >= 0.3 is 5.97 Å². The Kier molecular flexibility index (Phi) is 4.20. The zero-order chi connectivity index (χ0) is 16.4. The summed E-state index contributed by atoms with van der Waals surface area (Å²) in [5, 5.41) is 2.85. The number of aryl methyl sites for hydroxylation is 1. The summed E-state index contributed by atoms with van der Waals surface area (Å²) >= 11 is 0.658. The van der Waals surface area contributed by atoms with Crippen LogP contribution in [0.15, 0.2) is 36.2 Å². The maximum Gasteiger partial charge on any atom is 0.307 e. The number of benzene rings is 1. The number of thioether (sulfide) groups is 1. The second-order valence-electron chi connectivity index (χ2n) is 4.98. The fourth-order valence-corrected chi connectivity index (χ4v) is 3.01. The van der Waals surface area contributed by atoms with Gasteiger partial charge < -0.3 is 14.6 Å². The highest BCUT2D eigenvalue weighted by molar-refractivity contribution is 8.27. The van der Waals surface area contributed by atoms with Gasteiger partial charge in [-0.25, -0.2) is 0 Å².